The summed E-state index contributed by atoms with van der Waals surface area (Å²) < 4.78 is 10.3. The Hall–Kier alpha value is -2.22. The van der Waals surface area contributed by atoms with Crippen molar-refractivity contribution in [2.45, 2.75) is 13.0 Å². The number of carbonyl (C=O) groups is 2. The minimum absolute atomic E-state index is 0.0594. The number of phenolic OH excluding ortho intramolecular Hbond substituents is 1. The molecule has 7 nitrogen and oxygen atoms in total. The minimum atomic E-state index is -0.711. The highest BCUT2D eigenvalue weighted by atomic mass is 79.9. The quantitative estimate of drug-likeness (QED) is 0.780. The van der Waals surface area contributed by atoms with Crippen molar-refractivity contribution in [1.29, 1.82) is 0 Å². The largest absolute Gasteiger partial charge is 0.503 e. The lowest BCUT2D eigenvalue weighted by Crippen LogP contribution is -2.46. The summed E-state index contributed by atoms with van der Waals surface area (Å²) in [6.45, 7) is 1.67. The molecule has 2 amide bonds. The van der Waals surface area contributed by atoms with Crippen LogP contribution < -0.4 is 10.1 Å². The molecule has 124 valence electrons. The summed E-state index contributed by atoms with van der Waals surface area (Å²) in [5.74, 6) is -0.372. The zero-order chi connectivity index (χ0) is 17.3. The first kappa shape index (κ1) is 17.1. The molecule has 0 fully saturated rings. The average Bonchev–Trinajstić information content (AvgIpc) is 2.54. The summed E-state index contributed by atoms with van der Waals surface area (Å²) >= 11 is 3.24. The van der Waals surface area contributed by atoms with E-state index in [0.717, 1.165) is 0 Å². The van der Waals surface area contributed by atoms with Crippen LogP contribution in [0, 0.1) is 0 Å². The number of rotatable bonds is 3. The number of allylic oxidation sites excluding steroid dienone is 1. The molecule has 1 heterocycles. The lowest BCUT2D eigenvalue weighted by atomic mass is 9.94. The third kappa shape index (κ3) is 2.98. The molecule has 0 bridgehead atoms. The fourth-order valence-corrected chi connectivity index (χ4v) is 2.84. The van der Waals surface area contributed by atoms with Crippen molar-refractivity contribution < 1.29 is 24.2 Å². The fourth-order valence-electron chi connectivity index (χ4n) is 2.38. The van der Waals surface area contributed by atoms with E-state index in [1.54, 1.807) is 26.1 Å². The first-order chi connectivity index (χ1) is 10.8. The maximum Gasteiger partial charge on any atom is 0.337 e. The van der Waals surface area contributed by atoms with Gasteiger partial charge in [-0.25, -0.2) is 9.59 Å². The van der Waals surface area contributed by atoms with Crippen molar-refractivity contribution in [3.63, 3.8) is 0 Å². The van der Waals surface area contributed by atoms with E-state index in [4.69, 9.17) is 9.47 Å². The molecule has 2 rings (SSSR count). The summed E-state index contributed by atoms with van der Waals surface area (Å²) in [4.78, 5) is 25.6. The van der Waals surface area contributed by atoms with Gasteiger partial charge in [-0.3, -0.25) is 0 Å². The van der Waals surface area contributed by atoms with Crippen LogP contribution in [-0.2, 0) is 9.53 Å². The molecule has 23 heavy (non-hydrogen) atoms. The Bertz CT molecular complexity index is 701. The maximum absolute atomic E-state index is 12.2. The van der Waals surface area contributed by atoms with Gasteiger partial charge < -0.3 is 24.8 Å². The van der Waals surface area contributed by atoms with Crippen LogP contribution in [0.4, 0.5) is 4.79 Å². The van der Waals surface area contributed by atoms with Crippen molar-refractivity contribution >= 4 is 27.9 Å². The van der Waals surface area contributed by atoms with E-state index < -0.39 is 12.0 Å². The SMILES string of the molecule is COC(=O)C1=C(C)N(C)C(=O)N[C@@H]1c1cc(Br)c(O)c(OC)c1. The van der Waals surface area contributed by atoms with Gasteiger partial charge in [0.1, 0.15) is 0 Å². The lowest BCUT2D eigenvalue weighted by Gasteiger charge is -2.33. The van der Waals surface area contributed by atoms with Crippen LogP contribution in [0.25, 0.3) is 0 Å². The Morgan fingerprint density at radius 1 is 1.39 bits per heavy atom. The number of urea groups is 1. The van der Waals surface area contributed by atoms with Crippen molar-refractivity contribution in [1.82, 2.24) is 10.2 Å². The van der Waals surface area contributed by atoms with Crippen LogP contribution in [0.2, 0.25) is 0 Å². The number of methoxy groups -OCH3 is 2. The van der Waals surface area contributed by atoms with Crippen LogP contribution in [-0.4, -0.2) is 43.3 Å². The number of ether oxygens (including phenoxy) is 2. The van der Waals surface area contributed by atoms with E-state index in [1.165, 1.54) is 19.1 Å². The second kappa shape index (κ2) is 6.49. The summed E-state index contributed by atoms with van der Waals surface area (Å²) in [5.41, 5.74) is 1.38. The van der Waals surface area contributed by atoms with E-state index in [1.807, 2.05) is 0 Å². The van der Waals surface area contributed by atoms with Gasteiger partial charge in [0.15, 0.2) is 11.5 Å². The standard InChI is InChI=1S/C15H17BrN2O5/c1-7-11(14(20)23-4)12(17-15(21)18(7)2)8-5-9(16)13(19)10(6-8)22-3/h5-6,12,19H,1-4H3,(H,17,21)/t12-/m1/s1. The molecule has 0 aromatic heterocycles. The molecular weight excluding hydrogens is 368 g/mol. The zero-order valence-corrected chi connectivity index (χ0v) is 14.7. The number of amides is 2. The van der Waals surface area contributed by atoms with E-state index in [-0.39, 0.29) is 17.5 Å². The van der Waals surface area contributed by atoms with Crippen molar-refractivity contribution in [3.8, 4) is 11.5 Å². The van der Waals surface area contributed by atoms with Crippen LogP contribution in [0.3, 0.4) is 0 Å². The minimum Gasteiger partial charge on any atom is -0.503 e. The molecule has 1 aromatic carbocycles. The third-order valence-corrected chi connectivity index (χ3v) is 4.37. The molecule has 0 saturated carbocycles. The van der Waals surface area contributed by atoms with E-state index in [0.29, 0.717) is 21.3 Å². The number of nitrogens with zero attached hydrogens (tertiary/aromatic N) is 1. The molecule has 1 atom stereocenters. The topological polar surface area (TPSA) is 88.1 Å². The van der Waals surface area contributed by atoms with Crippen LogP contribution in [0.1, 0.15) is 18.5 Å². The second-order valence-corrected chi connectivity index (χ2v) is 5.84. The second-order valence-electron chi connectivity index (χ2n) is 4.99. The average molecular weight is 385 g/mol. The Labute approximate surface area is 142 Å². The first-order valence-corrected chi connectivity index (χ1v) is 7.50. The number of hydrogen-bond acceptors (Lipinski definition) is 5. The number of aromatic hydroxyl groups is 1. The van der Waals surface area contributed by atoms with Gasteiger partial charge in [0, 0.05) is 12.7 Å². The number of benzene rings is 1. The Morgan fingerprint density at radius 3 is 2.61 bits per heavy atom. The fraction of sp³-hybridized carbons (Fsp3) is 0.333. The highest BCUT2D eigenvalue weighted by molar-refractivity contribution is 9.10. The molecule has 8 heteroatoms. The van der Waals surface area contributed by atoms with Gasteiger partial charge >= 0.3 is 12.0 Å². The number of phenols is 1. The van der Waals surface area contributed by atoms with Gasteiger partial charge in [-0.2, -0.15) is 0 Å². The molecule has 1 aliphatic heterocycles. The molecular formula is C15H17BrN2O5. The third-order valence-electron chi connectivity index (χ3n) is 3.76. The summed E-state index contributed by atoms with van der Waals surface area (Å²) in [5, 5.41) is 12.7. The summed E-state index contributed by atoms with van der Waals surface area (Å²) in [7, 11) is 4.27. The number of nitrogens with one attached hydrogen (secondary N) is 1. The molecule has 0 aliphatic carbocycles. The number of esters is 1. The molecule has 0 radical (unpaired) electrons. The van der Waals surface area contributed by atoms with Crippen LogP contribution in [0.5, 0.6) is 11.5 Å². The van der Waals surface area contributed by atoms with Crippen LogP contribution >= 0.6 is 15.9 Å². The smallest absolute Gasteiger partial charge is 0.337 e. The van der Waals surface area contributed by atoms with Crippen LogP contribution in [0.15, 0.2) is 27.9 Å². The molecule has 0 saturated heterocycles. The van der Waals surface area contributed by atoms with E-state index in [9.17, 15) is 14.7 Å². The lowest BCUT2D eigenvalue weighted by molar-refractivity contribution is -0.136. The van der Waals surface area contributed by atoms with Gasteiger partial charge in [0.2, 0.25) is 0 Å². The normalized spacial score (nSPS) is 17.9. The Balaban J connectivity index is 2.62. The van der Waals surface area contributed by atoms with Crippen molar-refractivity contribution in [3.05, 3.63) is 33.4 Å². The maximum atomic E-state index is 12.2. The number of hydrogen-bond donors (Lipinski definition) is 2. The highest BCUT2D eigenvalue weighted by Crippen LogP contribution is 2.39. The van der Waals surface area contributed by atoms with Gasteiger partial charge in [0.25, 0.3) is 0 Å². The molecule has 0 spiro atoms. The monoisotopic (exact) mass is 384 g/mol. The van der Waals surface area contributed by atoms with Gasteiger partial charge in [0.05, 0.1) is 30.3 Å². The predicted octanol–water partition coefficient (Wildman–Crippen LogP) is 2.31. The Morgan fingerprint density at radius 2 is 2.04 bits per heavy atom. The molecule has 0 unspecified atom stereocenters. The summed E-state index contributed by atoms with van der Waals surface area (Å²) in [6.07, 6.45) is 0. The van der Waals surface area contributed by atoms with Gasteiger partial charge in [-0.15, -0.1) is 0 Å². The van der Waals surface area contributed by atoms with E-state index >= 15 is 0 Å². The zero-order valence-electron chi connectivity index (χ0n) is 13.1. The highest BCUT2D eigenvalue weighted by Gasteiger charge is 2.35. The van der Waals surface area contributed by atoms with E-state index in [2.05, 4.69) is 21.2 Å². The van der Waals surface area contributed by atoms with Gasteiger partial charge in [-0.05, 0) is 40.5 Å². The Kier molecular flexibility index (Phi) is 4.84. The predicted molar refractivity (Wildman–Crippen MR) is 86.1 cm³/mol. The van der Waals surface area contributed by atoms with Crippen molar-refractivity contribution in [2.24, 2.45) is 0 Å². The first-order valence-electron chi connectivity index (χ1n) is 6.71. The molecule has 1 aliphatic rings. The molecule has 1 aromatic rings. The summed E-state index contributed by atoms with van der Waals surface area (Å²) in [6, 6.07) is 2.12. The number of halogens is 1. The molecule has 2 N–H and O–H groups in total. The van der Waals surface area contributed by atoms with Crippen molar-refractivity contribution in [2.75, 3.05) is 21.3 Å². The van der Waals surface area contributed by atoms with Gasteiger partial charge in [-0.1, -0.05) is 0 Å². The number of carbonyl (C=O) groups excluding carboxylic acids is 2.